The van der Waals surface area contributed by atoms with Gasteiger partial charge in [0.05, 0.1) is 12.8 Å². The van der Waals surface area contributed by atoms with E-state index in [1.807, 2.05) is 24.3 Å². The number of benzene rings is 2. The molecule has 2 rings (SSSR count). The van der Waals surface area contributed by atoms with E-state index in [-0.39, 0.29) is 12.5 Å². The zero-order chi connectivity index (χ0) is 15.1. The molecule has 0 saturated carbocycles. The molecular weight excluding hydrogens is 354 g/mol. The van der Waals surface area contributed by atoms with Crippen molar-refractivity contribution in [3.8, 4) is 0 Å². The third kappa shape index (κ3) is 5.57. The van der Waals surface area contributed by atoms with Crippen LogP contribution in [0.2, 0.25) is 5.02 Å². The molecule has 0 saturated heterocycles. The monoisotopic (exact) mass is 365 g/mol. The topological polar surface area (TPSA) is 53.5 Å². The number of amides is 1. The zero-order valence-corrected chi connectivity index (χ0v) is 13.4. The molecule has 0 aliphatic rings. The van der Waals surface area contributed by atoms with Gasteiger partial charge in [-0.05, 0) is 42.0 Å². The molecule has 4 nitrogen and oxygen atoms in total. The van der Waals surface area contributed by atoms with Gasteiger partial charge in [-0.15, -0.1) is 0 Å². The molecule has 0 aromatic heterocycles. The van der Waals surface area contributed by atoms with Gasteiger partial charge in [0.1, 0.15) is 0 Å². The maximum Gasteiger partial charge on any atom is 0.259 e. The number of halogens is 2. The fourth-order valence-electron chi connectivity index (χ4n) is 1.52. The number of hydrogen-bond donors (Lipinski definition) is 2. The minimum atomic E-state index is -0.224. The molecule has 0 radical (unpaired) electrons. The lowest BCUT2D eigenvalue weighted by atomic mass is 10.2. The lowest BCUT2D eigenvalue weighted by molar-refractivity contribution is -0.119. The van der Waals surface area contributed by atoms with E-state index in [1.165, 1.54) is 0 Å². The highest BCUT2D eigenvalue weighted by Crippen LogP contribution is 2.12. The second-order valence-corrected chi connectivity index (χ2v) is 5.56. The summed E-state index contributed by atoms with van der Waals surface area (Å²) in [6.45, 7) is 0.138. The van der Waals surface area contributed by atoms with Crippen molar-refractivity contribution in [3.05, 3.63) is 63.6 Å². The van der Waals surface area contributed by atoms with E-state index in [0.717, 1.165) is 15.7 Å². The number of rotatable bonds is 5. The molecule has 108 valence electrons. The number of nitrogens with one attached hydrogen (secondary N) is 2. The minimum Gasteiger partial charge on any atom is -0.376 e. The van der Waals surface area contributed by atoms with Crippen LogP contribution in [0.1, 0.15) is 5.56 Å². The van der Waals surface area contributed by atoms with Crippen LogP contribution < -0.4 is 10.7 Å². The van der Waals surface area contributed by atoms with Gasteiger partial charge in [0, 0.05) is 15.2 Å². The van der Waals surface area contributed by atoms with Crippen molar-refractivity contribution < 1.29 is 4.79 Å². The first kappa shape index (κ1) is 15.5. The molecule has 1 amide bonds. The summed E-state index contributed by atoms with van der Waals surface area (Å²) in [6, 6.07) is 14.7. The summed E-state index contributed by atoms with van der Waals surface area (Å²) in [4.78, 5) is 11.6. The van der Waals surface area contributed by atoms with Crippen molar-refractivity contribution in [2.24, 2.45) is 5.10 Å². The first-order valence-corrected chi connectivity index (χ1v) is 7.37. The van der Waals surface area contributed by atoms with Crippen molar-refractivity contribution in [2.45, 2.75) is 0 Å². The number of nitrogens with zero attached hydrogens (tertiary/aromatic N) is 1. The van der Waals surface area contributed by atoms with Gasteiger partial charge in [-0.2, -0.15) is 5.10 Å². The van der Waals surface area contributed by atoms with Crippen molar-refractivity contribution >= 4 is 45.3 Å². The summed E-state index contributed by atoms with van der Waals surface area (Å²) in [7, 11) is 0. The molecule has 2 aromatic carbocycles. The summed E-state index contributed by atoms with van der Waals surface area (Å²) in [6.07, 6.45) is 1.59. The van der Waals surface area contributed by atoms with E-state index in [1.54, 1.807) is 30.5 Å². The Kier molecular flexibility index (Phi) is 5.78. The van der Waals surface area contributed by atoms with Crippen LogP contribution in [0.4, 0.5) is 5.69 Å². The highest BCUT2D eigenvalue weighted by atomic mass is 79.9. The predicted molar refractivity (Wildman–Crippen MR) is 89.8 cm³/mol. The number of hydrogen-bond acceptors (Lipinski definition) is 3. The lowest BCUT2D eigenvalue weighted by Crippen LogP contribution is -2.25. The number of carbonyl (C=O) groups is 1. The minimum absolute atomic E-state index is 0.138. The first-order chi connectivity index (χ1) is 10.1. The van der Waals surface area contributed by atoms with Gasteiger partial charge in [-0.25, -0.2) is 5.43 Å². The quantitative estimate of drug-likeness (QED) is 0.627. The molecule has 21 heavy (non-hydrogen) atoms. The Balaban J connectivity index is 1.77. The molecule has 0 aliphatic carbocycles. The van der Waals surface area contributed by atoms with Crippen molar-refractivity contribution in [3.63, 3.8) is 0 Å². The van der Waals surface area contributed by atoms with E-state index in [0.29, 0.717) is 5.02 Å². The van der Waals surface area contributed by atoms with Crippen LogP contribution in [0.15, 0.2) is 58.1 Å². The van der Waals surface area contributed by atoms with Crippen molar-refractivity contribution in [2.75, 3.05) is 11.9 Å². The Hall–Kier alpha value is -1.85. The van der Waals surface area contributed by atoms with Crippen LogP contribution in [0.25, 0.3) is 0 Å². The van der Waals surface area contributed by atoms with Crippen LogP contribution >= 0.6 is 27.5 Å². The fraction of sp³-hybridized carbons (Fsp3) is 0.0667. The van der Waals surface area contributed by atoms with Gasteiger partial charge in [0.2, 0.25) is 0 Å². The van der Waals surface area contributed by atoms with Gasteiger partial charge in [-0.3, -0.25) is 4.79 Å². The van der Waals surface area contributed by atoms with Gasteiger partial charge in [-0.1, -0.05) is 39.7 Å². The van der Waals surface area contributed by atoms with Gasteiger partial charge >= 0.3 is 0 Å². The first-order valence-electron chi connectivity index (χ1n) is 6.20. The average Bonchev–Trinajstić information content (AvgIpc) is 2.49. The van der Waals surface area contributed by atoms with Crippen LogP contribution in [0, 0.1) is 0 Å². The van der Waals surface area contributed by atoms with Crippen LogP contribution in [0.5, 0.6) is 0 Å². The third-order valence-electron chi connectivity index (χ3n) is 2.57. The number of carbonyl (C=O) groups excluding carboxylic acids is 1. The van der Waals surface area contributed by atoms with Gasteiger partial charge in [0.25, 0.3) is 5.91 Å². The molecular formula is C15H13BrClN3O. The second-order valence-electron chi connectivity index (χ2n) is 4.21. The van der Waals surface area contributed by atoms with E-state index in [9.17, 15) is 4.79 Å². The summed E-state index contributed by atoms with van der Waals surface area (Å²) in [5.74, 6) is -0.224. The largest absolute Gasteiger partial charge is 0.376 e. The van der Waals surface area contributed by atoms with Crippen LogP contribution in [-0.4, -0.2) is 18.7 Å². The highest BCUT2D eigenvalue weighted by molar-refractivity contribution is 9.10. The van der Waals surface area contributed by atoms with E-state index in [2.05, 4.69) is 31.8 Å². The fourth-order valence-corrected chi connectivity index (χ4v) is 1.91. The molecule has 2 aromatic rings. The molecule has 0 fully saturated rings. The summed E-state index contributed by atoms with van der Waals surface area (Å²) >= 11 is 9.13. The van der Waals surface area contributed by atoms with Gasteiger partial charge < -0.3 is 5.32 Å². The molecule has 0 heterocycles. The average molecular weight is 367 g/mol. The molecule has 0 spiro atoms. The van der Waals surface area contributed by atoms with Crippen LogP contribution in [-0.2, 0) is 4.79 Å². The number of hydrazone groups is 1. The smallest absolute Gasteiger partial charge is 0.259 e. The molecule has 0 unspecified atom stereocenters. The SMILES string of the molecule is O=C(CNc1ccc(Cl)cc1)N/N=C/c1ccc(Br)cc1. The van der Waals surface area contributed by atoms with Crippen molar-refractivity contribution in [1.82, 2.24) is 5.43 Å². The highest BCUT2D eigenvalue weighted by Gasteiger charge is 1.99. The van der Waals surface area contributed by atoms with Gasteiger partial charge in [0.15, 0.2) is 0 Å². The predicted octanol–water partition coefficient (Wildman–Crippen LogP) is 3.66. The molecule has 6 heteroatoms. The maximum atomic E-state index is 11.6. The van der Waals surface area contributed by atoms with E-state index in [4.69, 9.17) is 11.6 Å². The standard InChI is InChI=1S/C15H13BrClN3O/c16-12-3-1-11(2-4-12)9-19-20-15(21)10-18-14-7-5-13(17)6-8-14/h1-9,18H,10H2,(H,20,21)/b19-9+. The number of anilines is 1. The summed E-state index contributed by atoms with van der Waals surface area (Å²) in [5.41, 5.74) is 4.19. The van der Waals surface area contributed by atoms with Crippen molar-refractivity contribution in [1.29, 1.82) is 0 Å². The Bertz CT molecular complexity index is 626. The maximum absolute atomic E-state index is 11.6. The Morgan fingerprint density at radius 3 is 2.48 bits per heavy atom. The molecule has 0 atom stereocenters. The zero-order valence-electron chi connectivity index (χ0n) is 11.0. The molecule has 2 N–H and O–H groups in total. The second kappa shape index (κ2) is 7.81. The lowest BCUT2D eigenvalue weighted by Gasteiger charge is -2.04. The van der Waals surface area contributed by atoms with E-state index >= 15 is 0 Å². The molecule has 0 bridgehead atoms. The van der Waals surface area contributed by atoms with Crippen LogP contribution in [0.3, 0.4) is 0 Å². The Labute approximate surface area is 136 Å². The Morgan fingerprint density at radius 1 is 1.14 bits per heavy atom. The Morgan fingerprint density at radius 2 is 1.81 bits per heavy atom. The summed E-state index contributed by atoms with van der Waals surface area (Å²) in [5, 5.41) is 7.53. The van der Waals surface area contributed by atoms with E-state index < -0.39 is 0 Å². The normalized spacial score (nSPS) is 10.6. The molecule has 0 aliphatic heterocycles. The summed E-state index contributed by atoms with van der Waals surface area (Å²) < 4.78 is 0.996. The third-order valence-corrected chi connectivity index (χ3v) is 3.35.